The van der Waals surface area contributed by atoms with E-state index in [1.807, 2.05) is 13.8 Å². The summed E-state index contributed by atoms with van der Waals surface area (Å²) in [5.74, 6) is -0.480. The number of carbonyl (C=O) groups is 1. The second-order valence-corrected chi connectivity index (χ2v) is 4.55. The number of ether oxygens (including phenoxy) is 1. The van der Waals surface area contributed by atoms with Gasteiger partial charge in [-0.2, -0.15) is 0 Å². The van der Waals surface area contributed by atoms with Crippen molar-refractivity contribution in [3.8, 4) is 0 Å². The summed E-state index contributed by atoms with van der Waals surface area (Å²) in [4.78, 5) is 12.0. The van der Waals surface area contributed by atoms with Crippen LogP contribution in [0.25, 0.3) is 0 Å². The van der Waals surface area contributed by atoms with Crippen LogP contribution in [-0.4, -0.2) is 12.4 Å². The third kappa shape index (κ3) is 4.07. The van der Waals surface area contributed by atoms with Crippen LogP contribution in [0.1, 0.15) is 44.8 Å². The number of rotatable bonds is 7. The molecule has 0 aliphatic rings. The summed E-state index contributed by atoms with van der Waals surface area (Å²) in [6.07, 6.45) is 1.40. The van der Waals surface area contributed by atoms with Crippen molar-refractivity contribution >= 4 is 17.4 Å². The van der Waals surface area contributed by atoms with Gasteiger partial charge >= 0.3 is 0 Å². The highest BCUT2D eigenvalue weighted by atomic mass is 35.5. The highest BCUT2D eigenvalue weighted by molar-refractivity contribution is 6.30. The summed E-state index contributed by atoms with van der Waals surface area (Å²) < 4.78 is 18.7. The summed E-state index contributed by atoms with van der Waals surface area (Å²) in [6.45, 7) is 4.40. The largest absolute Gasteiger partial charge is 0.366 e. The Morgan fingerprint density at radius 1 is 1.39 bits per heavy atom. The van der Waals surface area contributed by atoms with Gasteiger partial charge in [0.25, 0.3) is 0 Å². The molecule has 0 aromatic heterocycles. The fourth-order valence-electron chi connectivity index (χ4n) is 1.66. The lowest BCUT2D eigenvalue weighted by atomic mass is 10.0. The van der Waals surface area contributed by atoms with Gasteiger partial charge in [-0.3, -0.25) is 4.79 Å². The van der Waals surface area contributed by atoms with E-state index in [0.29, 0.717) is 18.6 Å². The minimum Gasteiger partial charge on any atom is -0.366 e. The first kappa shape index (κ1) is 15.1. The van der Waals surface area contributed by atoms with Gasteiger partial charge in [-0.25, -0.2) is 4.39 Å². The van der Waals surface area contributed by atoms with E-state index >= 15 is 0 Å². The number of hydrogen-bond acceptors (Lipinski definition) is 2. The molecule has 0 radical (unpaired) electrons. The van der Waals surface area contributed by atoms with Gasteiger partial charge in [0.05, 0.1) is 5.02 Å². The lowest BCUT2D eigenvalue weighted by Gasteiger charge is -2.17. The Hall–Kier alpha value is -0.930. The van der Waals surface area contributed by atoms with Crippen LogP contribution in [0.4, 0.5) is 4.39 Å². The molecule has 1 aromatic rings. The Morgan fingerprint density at radius 2 is 2.11 bits per heavy atom. The van der Waals surface area contributed by atoms with E-state index in [4.69, 9.17) is 16.3 Å². The molecule has 4 heteroatoms. The topological polar surface area (TPSA) is 26.3 Å². The first-order valence-corrected chi connectivity index (χ1v) is 6.57. The van der Waals surface area contributed by atoms with E-state index in [2.05, 4.69) is 0 Å². The molecule has 1 rings (SSSR count). The molecule has 1 aromatic carbocycles. The summed E-state index contributed by atoms with van der Waals surface area (Å²) in [6, 6.07) is 4.28. The maximum Gasteiger partial charge on any atom is 0.166 e. The normalized spacial score (nSPS) is 12.4. The number of halogens is 2. The van der Waals surface area contributed by atoms with Gasteiger partial charge in [-0.05, 0) is 30.5 Å². The second-order valence-electron chi connectivity index (χ2n) is 4.14. The van der Waals surface area contributed by atoms with Crippen LogP contribution in [-0.2, 0) is 9.53 Å². The summed E-state index contributed by atoms with van der Waals surface area (Å²) in [7, 11) is 0. The van der Waals surface area contributed by atoms with Gasteiger partial charge in [-0.1, -0.05) is 31.5 Å². The zero-order valence-corrected chi connectivity index (χ0v) is 11.5. The van der Waals surface area contributed by atoms with Crippen molar-refractivity contribution in [2.45, 2.75) is 39.2 Å². The van der Waals surface area contributed by atoms with Crippen molar-refractivity contribution in [1.82, 2.24) is 0 Å². The fourth-order valence-corrected chi connectivity index (χ4v) is 1.85. The van der Waals surface area contributed by atoms with Gasteiger partial charge < -0.3 is 4.74 Å². The summed E-state index contributed by atoms with van der Waals surface area (Å²) in [5.41, 5.74) is 0.619. The van der Waals surface area contributed by atoms with Gasteiger partial charge in [0.15, 0.2) is 5.78 Å². The molecule has 1 atom stereocenters. The van der Waals surface area contributed by atoms with E-state index < -0.39 is 11.9 Å². The van der Waals surface area contributed by atoms with E-state index in [1.165, 1.54) is 12.1 Å². The quantitative estimate of drug-likeness (QED) is 0.739. The second kappa shape index (κ2) is 7.49. The van der Waals surface area contributed by atoms with Crippen LogP contribution in [0.15, 0.2) is 18.2 Å². The molecule has 0 saturated carbocycles. The van der Waals surface area contributed by atoms with E-state index in [9.17, 15) is 9.18 Å². The minimum absolute atomic E-state index is 0.00799. The first-order chi connectivity index (χ1) is 8.60. The van der Waals surface area contributed by atoms with Crippen LogP contribution < -0.4 is 0 Å². The fraction of sp³-hybridized carbons (Fsp3) is 0.500. The van der Waals surface area contributed by atoms with Gasteiger partial charge in [0.1, 0.15) is 11.9 Å². The highest BCUT2D eigenvalue weighted by Gasteiger charge is 2.21. The molecule has 1 unspecified atom stereocenters. The standard InChI is InChI=1S/C14H18ClFO2/c1-3-5-13(17)14(18-8-4-2)10-6-7-12(16)11(15)9-10/h6-7,9,14H,3-5,8H2,1-2H3. The Bertz CT molecular complexity index is 407. The van der Waals surface area contributed by atoms with Crippen LogP contribution in [0.5, 0.6) is 0 Å². The van der Waals surface area contributed by atoms with Crippen molar-refractivity contribution in [3.63, 3.8) is 0 Å². The van der Waals surface area contributed by atoms with Crippen molar-refractivity contribution in [2.75, 3.05) is 6.61 Å². The molecule has 0 spiro atoms. The molecular weight excluding hydrogens is 255 g/mol. The van der Waals surface area contributed by atoms with Crippen LogP contribution in [0.2, 0.25) is 5.02 Å². The van der Waals surface area contributed by atoms with Gasteiger partial charge in [0, 0.05) is 13.0 Å². The number of hydrogen-bond donors (Lipinski definition) is 0. The smallest absolute Gasteiger partial charge is 0.166 e. The molecule has 0 aliphatic heterocycles. The lowest BCUT2D eigenvalue weighted by Crippen LogP contribution is -2.16. The number of benzene rings is 1. The summed E-state index contributed by atoms with van der Waals surface area (Å²) in [5, 5.41) is 0.0156. The van der Waals surface area contributed by atoms with Crippen molar-refractivity contribution in [2.24, 2.45) is 0 Å². The molecule has 18 heavy (non-hydrogen) atoms. The van der Waals surface area contributed by atoms with Crippen molar-refractivity contribution in [1.29, 1.82) is 0 Å². The third-order valence-corrected chi connectivity index (χ3v) is 2.81. The van der Waals surface area contributed by atoms with Crippen LogP contribution in [0.3, 0.4) is 0 Å². The van der Waals surface area contributed by atoms with Crippen LogP contribution >= 0.6 is 11.6 Å². The summed E-state index contributed by atoms with van der Waals surface area (Å²) >= 11 is 5.73. The molecule has 0 heterocycles. The Balaban J connectivity index is 2.93. The van der Waals surface area contributed by atoms with E-state index in [0.717, 1.165) is 12.8 Å². The van der Waals surface area contributed by atoms with Crippen molar-refractivity contribution < 1.29 is 13.9 Å². The lowest BCUT2D eigenvalue weighted by molar-refractivity contribution is -0.131. The highest BCUT2D eigenvalue weighted by Crippen LogP contribution is 2.25. The van der Waals surface area contributed by atoms with Gasteiger partial charge in [-0.15, -0.1) is 0 Å². The predicted molar refractivity (Wildman–Crippen MR) is 70.3 cm³/mol. The van der Waals surface area contributed by atoms with Crippen LogP contribution in [0, 0.1) is 5.82 Å². The predicted octanol–water partition coefficient (Wildman–Crippen LogP) is 4.32. The van der Waals surface area contributed by atoms with Crippen molar-refractivity contribution in [3.05, 3.63) is 34.6 Å². The molecular formula is C14H18ClFO2. The Morgan fingerprint density at radius 3 is 2.67 bits per heavy atom. The Kier molecular flexibility index (Phi) is 6.30. The molecule has 100 valence electrons. The molecule has 0 bridgehead atoms. The number of Topliss-reactive ketones (excluding diaryl/α,β-unsaturated/α-hetero) is 1. The molecule has 2 nitrogen and oxygen atoms in total. The van der Waals surface area contributed by atoms with E-state index in [1.54, 1.807) is 6.07 Å². The first-order valence-electron chi connectivity index (χ1n) is 6.19. The van der Waals surface area contributed by atoms with Gasteiger partial charge in [0.2, 0.25) is 0 Å². The van der Waals surface area contributed by atoms with E-state index in [-0.39, 0.29) is 10.8 Å². The monoisotopic (exact) mass is 272 g/mol. The molecule has 0 amide bonds. The number of carbonyl (C=O) groups excluding carboxylic acids is 1. The maximum absolute atomic E-state index is 13.1. The number of ketones is 1. The molecule has 0 N–H and O–H groups in total. The molecule has 0 saturated heterocycles. The molecule has 0 fully saturated rings. The maximum atomic E-state index is 13.1. The average molecular weight is 273 g/mol. The minimum atomic E-state index is -0.636. The zero-order chi connectivity index (χ0) is 13.5. The average Bonchev–Trinajstić information content (AvgIpc) is 2.34. The third-order valence-electron chi connectivity index (χ3n) is 2.52. The zero-order valence-electron chi connectivity index (χ0n) is 10.7. The Labute approximate surface area is 112 Å². The SMILES string of the molecule is CCCOC(C(=O)CCC)c1ccc(F)c(Cl)c1. The molecule has 0 aliphatic carbocycles.